The van der Waals surface area contributed by atoms with Crippen molar-refractivity contribution < 1.29 is 24.2 Å². The normalized spacial score (nSPS) is 17.6. The summed E-state index contributed by atoms with van der Waals surface area (Å²) >= 11 is 0. The lowest BCUT2D eigenvalue weighted by Gasteiger charge is -2.25. The van der Waals surface area contributed by atoms with Crippen LogP contribution in [0.4, 0.5) is 5.69 Å². The zero-order valence-corrected chi connectivity index (χ0v) is 17.1. The Balaban J connectivity index is 1.88. The Bertz CT molecular complexity index is 1130. The molecule has 3 aromatic carbocycles. The molecule has 0 spiro atoms. The number of rotatable bonds is 5. The van der Waals surface area contributed by atoms with Gasteiger partial charge in [0.15, 0.2) is 0 Å². The number of hydrogen-bond acceptors (Lipinski definition) is 5. The second-order valence-corrected chi connectivity index (χ2v) is 7.01. The third-order valence-corrected chi connectivity index (χ3v) is 5.27. The highest BCUT2D eigenvalue weighted by atomic mass is 16.5. The van der Waals surface area contributed by atoms with Crippen LogP contribution in [0.25, 0.3) is 5.76 Å². The molecule has 1 N–H and O–H groups in total. The summed E-state index contributed by atoms with van der Waals surface area (Å²) in [6, 6.07) is 22.0. The van der Waals surface area contributed by atoms with Crippen LogP contribution in [0.2, 0.25) is 0 Å². The number of carbonyl (C=O) groups is 2. The van der Waals surface area contributed by atoms with Gasteiger partial charge in [-0.05, 0) is 54.1 Å². The van der Waals surface area contributed by atoms with Crippen molar-refractivity contribution in [3.05, 3.63) is 95.6 Å². The second kappa shape index (κ2) is 8.36. The van der Waals surface area contributed by atoms with Crippen molar-refractivity contribution in [2.24, 2.45) is 0 Å². The van der Waals surface area contributed by atoms with E-state index in [2.05, 4.69) is 0 Å². The Morgan fingerprint density at radius 2 is 1.35 bits per heavy atom. The number of aliphatic hydroxyl groups is 1. The molecule has 1 heterocycles. The summed E-state index contributed by atoms with van der Waals surface area (Å²) in [4.78, 5) is 27.6. The lowest BCUT2D eigenvalue weighted by Crippen LogP contribution is -2.29. The van der Waals surface area contributed by atoms with Crippen LogP contribution >= 0.6 is 0 Å². The van der Waals surface area contributed by atoms with Gasteiger partial charge in [0.2, 0.25) is 0 Å². The highest BCUT2D eigenvalue weighted by molar-refractivity contribution is 6.51. The number of nitrogens with zero attached hydrogens (tertiary/aromatic N) is 1. The summed E-state index contributed by atoms with van der Waals surface area (Å²) in [7, 11) is 3.10. The van der Waals surface area contributed by atoms with E-state index in [9.17, 15) is 14.7 Å². The van der Waals surface area contributed by atoms with Gasteiger partial charge in [-0.25, -0.2) is 0 Å². The van der Waals surface area contributed by atoms with Crippen LogP contribution in [0.1, 0.15) is 17.2 Å². The van der Waals surface area contributed by atoms with Crippen molar-refractivity contribution in [2.75, 3.05) is 19.1 Å². The molecule has 31 heavy (non-hydrogen) atoms. The fourth-order valence-electron chi connectivity index (χ4n) is 3.70. The van der Waals surface area contributed by atoms with Crippen LogP contribution in [0.3, 0.4) is 0 Å². The molecule has 3 aromatic rings. The molecule has 4 rings (SSSR count). The predicted molar refractivity (Wildman–Crippen MR) is 117 cm³/mol. The summed E-state index contributed by atoms with van der Waals surface area (Å²) < 4.78 is 10.4. The lowest BCUT2D eigenvalue weighted by molar-refractivity contribution is -0.132. The van der Waals surface area contributed by atoms with Crippen molar-refractivity contribution in [1.82, 2.24) is 0 Å². The van der Waals surface area contributed by atoms with Gasteiger partial charge >= 0.3 is 0 Å². The zero-order chi connectivity index (χ0) is 22.0. The second-order valence-electron chi connectivity index (χ2n) is 7.01. The van der Waals surface area contributed by atoms with E-state index >= 15 is 0 Å². The van der Waals surface area contributed by atoms with E-state index in [1.54, 1.807) is 62.8 Å². The van der Waals surface area contributed by atoms with Crippen molar-refractivity contribution >= 4 is 23.1 Å². The molecular formula is C25H21NO5. The molecule has 0 aliphatic carbocycles. The highest BCUT2D eigenvalue weighted by Crippen LogP contribution is 2.42. The topological polar surface area (TPSA) is 76.1 Å². The van der Waals surface area contributed by atoms with Crippen LogP contribution in [0.5, 0.6) is 11.5 Å². The quantitative estimate of drug-likeness (QED) is 0.381. The fraction of sp³-hybridized carbons (Fsp3) is 0.120. The summed E-state index contributed by atoms with van der Waals surface area (Å²) in [5.41, 5.74) is 1.71. The molecule has 0 radical (unpaired) electrons. The number of hydrogen-bond donors (Lipinski definition) is 1. The molecular weight excluding hydrogens is 394 g/mol. The zero-order valence-electron chi connectivity index (χ0n) is 17.1. The molecule has 1 unspecified atom stereocenters. The van der Waals surface area contributed by atoms with Gasteiger partial charge in [0.1, 0.15) is 17.3 Å². The Kier molecular flexibility index (Phi) is 5.45. The average molecular weight is 415 g/mol. The average Bonchev–Trinajstić information content (AvgIpc) is 3.09. The minimum atomic E-state index is -0.767. The van der Waals surface area contributed by atoms with Crippen LogP contribution in [0.15, 0.2) is 84.4 Å². The Hall–Kier alpha value is -4.06. The van der Waals surface area contributed by atoms with E-state index in [0.29, 0.717) is 28.3 Å². The largest absolute Gasteiger partial charge is 0.507 e. The van der Waals surface area contributed by atoms with Gasteiger partial charge in [-0.2, -0.15) is 0 Å². The van der Waals surface area contributed by atoms with Crippen LogP contribution in [0, 0.1) is 0 Å². The smallest absolute Gasteiger partial charge is 0.300 e. The molecule has 156 valence electrons. The number of carbonyl (C=O) groups excluding carboxylic acids is 2. The van der Waals surface area contributed by atoms with E-state index in [1.165, 1.54) is 4.90 Å². The first-order chi connectivity index (χ1) is 15.0. The van der Waals surface area contributed by atoms with Crippen LogP contribution < -0.4 is 14.4 Å². The van der Waals surface area contributed by atoms with E-state index in [4.69, 9.17) is 9.47 Å². The Morgan fingerprint density at radius 3 is 1.90 bits per heavy atom. The first-order valence-corrected chi connectivity index (χ1v) is 9.69. The van der Waals surface area contributed by atoms with Gasteiger partial charge < -0.3 is 14.6 Å². The minimum Gasteiger partial charge on any atom is -0.507 e. The summed E-state index contributed by atoms with van der Waals surface area (Å²) in [6.45, 7) is 0. The number of benzene rings is 3. The number of methoxy groups -OCH3 is 2. The molecule has 6 heteroatoms. The SMILES string of the molecule is COc1ccc(/C(O)=C2/C(=O)C(=O)N(c3ccc(OC)cc3)C2c2ccccc2)cc1. The Labute approximate surface area is 180 Å². The standard InChI is InChI=1S/C25H21NO5/c1-30-19-12-8-17(9-13-19)23(27)21-22(16-6-4-3-5-7-16)26(25(29)24(21)28)18-10-14-20(31-2)15-11-18/h3-15,22,27H,1-2H3/b23-21-. The highest BCUT2D eigenvalue weighted by Gasteiger charge is 2.46. The molecule has 1 fully saturated rings. The lowest BCUT2D eigenvalue weighted by atomic mass is 9.95. The monoisotopic (exact) mass is 415 g/mol. The van der Waals surface area contributed by atoms with Crippen LogP contribution in [-0.4, -0.2) is 31.0 Å². The van der Waals surface area contributed by atoms with Gasteiger partial charge in [-0.15, -0.1) is 0 Å². The van der Waals surface area contributed by atoms with Gasteiger partial charge in [0.25, 0.3) is 11.7 Å². The van der Waals surface area contributed by atoms with Gasteiger partial charge in [-0.1, -0.05) is 30.3 Å². The summed E-state index contributed by atoms with van der Waals surface area (Å²) in [5.74, 6) is -0.414. The minimum absolute atomic E-state index is 0.0391. The van der Waals surface area contributed by atoms with Crippen molar-refractivity contribution in [3.63, 3.8) is 0 Å². The number of ether oxygens (including phenoxy) is 2. The number of Topliss-reactive ketones (excluding diaryl/α,β-unsaturated/α-hetero) is 1. The number of anilines is 1. The predicted octanol–water partition coefficient (Wildman–Crippen LogP) is 4.33. The first kappa shape index (κ1) is 20.2. The summed E-state index contributed by atoms with van der Waals surface area (Å²) in [6.07, 6.45) is 0. The van der Waals surface area contributed by atoms with E-state index in [-0.39, 0.29) is 11.3 Å². The molecule has 1 aliphatic rings. The van der Waals surface area contributed by atoms with Crippen molar-refractivity contribution in [3.8, 4) is 11.5 Å². The maximum Gasteiger partial charge on any atom is 0.300 e. The van der Waals surface area contributed by atoms with Crippen LogP contribution in [-0.2, 0) is 9.59 Å². The van der Waals surface area contributed by atoms with Gasteiger partial charge in [-0.3, -0.25) is 14.5 Å². The molecule has 1 amide bonds. The Morgan fingerprint density at radius 1 is 0.806 bits per heavy atom. The van der Waals surface area contributed by atoms with Crippen molar-refractivity contribution in [2.45, 2.75) is 6.04 Å². The molecule has 1 aliphatic heterocycles. The van der Waals surface area contributed by atoms with E-state index in [1.807, 2.05) is 30.3 Å². The van der Waals surface area contributed by atoms with Crippen molar-refractivity contribution in [1.29, 1.82) is 0 Å². The maximum absolute atomic E-state index is 13.1. The number of aliphatic hydroxyl groups excluding tert-OH is 1. The molecule has 1 saturated heterocycles. The third kappa shape index (κ3) is 3.64. The van der Waals surface area contributed by atoms with Gasteiger partial charge in [0, 0.05) is 11.3 Å². The number of amides is 1. The van der Waals surface area contributed by atoms with E-state index < -0.39 is 17.7 Å². The molecule has 6 nitrogen and oxygen atoms in total. The van der Waals surface area contributed by atoms with E-state index in [0.717, 1.165) is 0 Å². The van der Waals surface area contributed by atoms with Gasteiger partial charge in [0.05, 0.1) is 25.8 Å². The molecule has 0 aromatic heterocycles. The summed E-state index contributed by atoms with van der Waals surface area (Å²) in [5, 5.41) is 11.1. The first-order valence-electron chi connectivity index (χ1n) is 9.69. The maximum atomic E-state index is 13.1. The molecule has 0 saturated carbocycles. The molecule has 1 atom stereocenters. The third-order valence-electron chi connectivity index (χ3n) is 5.27. The molecule has 0 bridgehead atoms. The number of ketones is 1. The fourth-order valence-corrected chi connectivity index (χ4v) is 3.70.